The maximum atomic E-state index is 12.9. The number of nitrogens with zero attached hydrogens (tertiary/aromatic N) is 1. The summed E-state index contributed by atoms with van der Waals surface area (Å²) in [7, 11) is 2.11. The number of halogens is 1. The lowest BCUT2D eigenvalue weighted by molar-refractivity contribution is 0.233. The second kappa shape index (κ2) is 6.01. The van der Waals surface area contributed by atoms with Crippen LogP contribution in [0.3, 0.4) is 0 Å². The van der Waals surface area contributed by atoms with Crippen molar-refractivity contribution in [3.05, 3.63) is 30.1 Å². The third-order valence-electron chi connectivity index (χ3n) is 2.39. The summed E-state index contributed by atoms with van der Waals surface area (Å²) >= 11 is 0. The molecule has 1 rings (SSSR count). The first-order valence-electron chi connectivity index (χ1n) is 6.05. The van der Waals surface area contributed by atoms with E-state index < -0.39 is 0 Å². The van der Waals surface area contributed by atoms with E-state index in [-0.39, 0.29) is 5.82 Å². The van der Waals surface area contributed by atoms with Crippen molar-refractivity contribution in [3.63, 3.8) is 0 Å². The van der Waals surface area contributed by atoms with E-state index in [0.29, 0.717) is 5.41 Å². The Morgan fingerprint density at radius 2 is 2.00 bits per heavy atom. The van der Waals surface area contributed by atoms with E-state index >= 15 is 0 Å². The highest BCUT2D eigenvalue weighted by atomic mass is 19.1. The van der Waals surface area contributed by atoms with E-state index in [0.717, 1.165) is 25.3 Å². The Balaban J connectivity index is 2.28. The number of likely N-dealkylation sites (N-methyl/N-ethyl adjacent to an activating group) is 1. The van der Waals surface area contributed by atoms with Crippen LogP contribution in [0.1, 0.15) is 20.8 Å². The molecule has 0 saturated heterocycles. The van der Waals surface area contributed by atoms with Gasteiger partial charge in [0.1, 0.15) is 5.82 Å². The van der Waals surface area contributed by atoms with Crippen molar-refractivity contribution >= 4 is 5.69 Å². The van der Waals surface area contributed by atoms with Gasteiger partial charge in [-0.25, -0.2) is 4.39 Å². The summed E-state index contributed by atoms with van der Waals surface area (Å²) in [5.41, 5.74) is 1.15. The Bertz CT molecular complexity index is 344. The molecule has 0 radical (unpaired) electrons. The van der Waals surface area contributed by atoms with Crippen molar-refractivity contribution in [2.75, 3.05) is 32.0 Å². The molecule has 0 aliphatic heterocycles. The minimum absolute atomic E-state index is 0.196. The lowest BCUT2D eigenvalue weighted by Gasteiger charge is -2.26. The van der Waals surface area contributed by atoms with Gasteiger partial charge in [-0.1, -0.05) is 26.8 Å². The summed E-state index contributed by atoms with van der Waals surface area (Å²) in [6, 6.07) is 6.57. The normalized spacial score (nSPS) is 11.9. The second-order valence-electron chi connectivity index (χ2n) is 5.74. The SMILES string of the molecule is CN(CCNc1cccc(F)c1)CC(C)(C)C. The number of hydrogen-bond donors (Lipinski definition) is 1. The summed E-state index contributed by atoms with van der Waals surface area (Å²) in [5, 5.41) is 3.22. The predicted octanol–water partition coefficient (Wildman–Crippen LogP) is 3.22. The van der Waals surface area contributed by atoms with Crippen molar-refractivity contribution < 1.29 is 4.39 Å². The molecule has 0 heterocycles. The minimum Gasteiger partial charge on any atom is -0.384 e. The zero-order valence-corrected chi connectivity index (χ0v) is 11.3. The van der Waals surface area contributed by atoms with Crippen LogP contribution < -0.4 is 5.32 Å². The monoisotopic (exact) mass is 238 g/mol. The largest absolute Gasteiger partial charge is 0.384 e. The third-order valence-corrected chi connectivity index (χ3v) is 2.39. The molecule has 0 bridgehead atoms. The van der Waals surface area contributed by atoms with Crippen LogP contribution in [-0.2, 0) is 0 Å². The summed E-state index contributed by atoms with van der Waals surface area (Å²) < 4.78 is 12.9. The van der Waals surface area contributed by atoms with Gasteiger partial charge in [0.25, 0.3) is 0 Å². The van der Waals surface area contributed by atoms with Gasteiger partial charge in [0.15, 0.2) is 0 Å². The fourth-order valence-electron chi connectivity index (χ4n) is 1.88. The lowest BCUT2D eigenvalue weighted by atomic mass is 9.96. The molecule has 0 spiro atoms. The first kappa shape index (κ1) is 14.0. The van der Waals surface area contributed by atoms with E-state index in [4.69, 9.17) is 0 Å². The topological polar surface area (TPSA) is 15.3 Å². The number of benzene rings is 1. The van der Waals surface area contributed by atoms with Crippen LogP contribution in [0.15, 0.2) is 24.3 Å². The van der Waals surface area contributed by atoms with Crippen molar-refractivity contribution in [1.29, 1.82) is 0 Å². The molecule has 0 aromatic heterocycles. The molecule has 1 aromatic carbocycles. The highest BCUT2D eigenvalue weighted by Crippen LogP contribution is 2.14. The Morgan fingerprint density at radius 3 is 2.59 bits per heavy atom. The molecule has 17 heavy (non-hydrogen) atoms. The molecule has 0 aliphatic carbocycles. The second-order valence-corrected chi connectivity index (χ2v) is 5.74. The predicted molar refractivity (Wildman–Crippen MR) is 71.8 cm³/mol. The molecule has 0 fully saturated rings. The summed E-state index contributed by atoms with van der Waals surface area (Å²) in [6.45, 7) is 9.51. The van der Waals surface area contributed by atoms with E-state index in [1.165, 1.54) is 12.1 Å². The Kier molecular flexibility index (Phi) is 4.94. The zero-order chi connectivity index (χ0) is 12.9. The lowest BCUT2D eigenvalue weighted by Crippen LogP contribution is -2.32. The molecule has 96 valence electrons. The number of hydrogen-bond acceptors (Lipinski definition) is 2. The van der Waals surface area contributed by atoms with Crippen LogP contribution in [0.5, 0.6) is 0 Å². The molecule has 0 unspecified atom stereocenters. The molecule has 1 aromatic rings. The van der Waals surface area contributed by atoms with Gasteiger partial charge in [-0.15, -0.1) is 0 Å². The van der Waals surface area contributed by atoms with Crippen molar-refractivity contribution in [2.45, 2.75) is 20.8 Å². The van der Waals surface area contributed by atoms with E-state index in [1.54, 1.807) is 6.07 Å². The van der Waals surface area contributed by atoms with Gasteiger partial charge in [-0.05, 0) is 30.7 Å². The van der Waals surface area contributed by atoms with Crippen LogP contribution in [0, 0.1) is 11.2 Å². The fourth-order valence-corrected chi connectivity index (χ4v) is 1.88. The zero-order valence-electron chi connectivity index (χ0n) is 11.3. The molecular weight excluding hydrogens is 215 g/mol. The molecule has 0 amide bonds. The standard InChI is InChI=1S/C14H23FN2/c1-14(2,3)11-17(4)9-8-16-13-7-5-6-12(15)10-13/h5-7,10,16H,8-9,11H2,1-4H3. The molecule has 0 aliphatic rings. The maximum Gasteiger partial charge on any atom is 0.125 e. The number of anilines is 1. The molecule has 0 atom stereocenters. The highest BCUT2D eigenvalue weighted by Gasteiger charge is 2.12. The summed E-state index contributed by atoms with van der Waals surface area (Å²) in [6.07, 6.45) is 0. The number of nitrogens with one attached hydrogen (secondary N) is 1. The van der Waals surface area contributed by atoms with E-state index in [9.17, 15) is 4.39 Å². The quantitative estimate of drug-likeness (QED) is 0.847. The summed E-state index contributed by atoms with van der Waals surface area (Å²) in [5.74, 6) is -0.196. The molecule has 2 nitrogen and oxygen atoms in total. The average molecular weight is 238 g/mol. The first-order valence-corrected chi connectivity index (χ1v) is 6.05. The van der Waals surface area contributed by atoms with Gasteiger partial charge in [-0.2, -0.15) is 0 Å². The van der Waals surface area contributed by atoms with Crippen molar-refractivity contribution in [1.82, 2.24) is 4.90 Å². The fraction of sp³-hybridized carbons (Fsp3) is 0.571. The Labute approximate surface area is 104 Å². The molecule has 0 saturated carbocycles. The number of rotatable bonds is 5. The van der Waals surface area contributed by atoms with E-state index in [1.807, 2.05) is 6.07 Å². The van der Waals surface area contributed by atoms with Crippen LogP contribution >= 0.6 is 0 Å². The van der Waals surface area contributed by atoms with Crippen LogP contribution in [-0.4, -0.2) is 31.6 Å². The third kappa shape index (κ3) is 6.27. The van der Waals surface area contributed by atoms with Gasteiger partial charge < -0.3 is 10.2 Å². The van der Waals surface area contributed by atoms with Gasteiger partial charge in [0.05, 0.1) is 0 Å². The highest BCUT2D eigenvalue weighted by molar-refractivity contribution is 5.42. The smallest absolute Gasteiger partial charge is 0.125 e. The Hall–Kier alpha value is -1.09. The average Bonchev–Trinajstić information content (AvgIpc) is 2.14. The van der Waals surface area contributed by atoms with Crippen molar-refractivity contribution in [2.24, 2.45) is 5.41 Å². The maximum absolute atomic E-state index is 12.9. The van der Waals surface area contributed by atoms with Crippen LogP contribution in [0.25, 0.3) is 0 Å². The van der Waals surface area contributed by atoms with Crippen LogP contribution in [0.4, 0.5) is 10.1 Å². The molecular formula is C14H23FN2. The summed E-state index contributed by atoms with van der Waals surface area (Å²) in [4.78, 5) is 2.28. The Morgan fingerprint density at radius 1 is 1.29 bits per heavy atom. The van der Waals surface area contributed by atoms with E-state index in [2.05, 4.69) is 38.0 Å². The van der Waals surface area contributed by atoms with Crippen LogP contribution in [0.2, 0.25) is 0 Å². The van der Waals surface area contributed by atoms with Gasteiger partial charge in [0.2, 0.25) is 0 Å². The minimum atomic E-state index is -0.196. The first-order chi connectivity index (χ1) is 7.87. The van der Waals surface area contributed by atoms with Gasteiger partial charge in [-0.3, -0.25) is 0 Å². The van der Waals surface area contributed by atoms with Gasteiger partial charge in [0, 0.05) is 25.3 Å². The van der Waals surface area contributed by atoms with Crippen molar-refractivity contribution in [3.8, 4) is 0 Å². The molecule has 1 N–H and O–H groups in total. The molecule has 3 heteroatoms. The van der Waals surface area contributed by atoms with Gasteiger partial charge >= 0.3 is 0 Å².